The molecule has 1 heterocycles. The van der Waals surface area contributed by atoms with Crippen LogP contribution in [-0.4, -0.2) is 11.7 Å². The van der Waals surface area contributed by atoms with Crippen molar-refractivity contribution in [2.24, 2.45) is 0 Å². The van der Waals surface area contributed by atoms with Crippen molar-refractivity contribution in [1.29, 1.82) is 0 Å². The Labute approximate surface area is 100 Å². The monoisotopic (exact) mass is 229 g/mol. The smallest absolute Gasteiger partial charge is 0.255 e. The molecule has 0 spiro atoms. The predicted molar refractivity (Wildman–Crippen MR) is 67.5 cm³/mol. The van der Waals surface area contributed by atoms with Gasteiger partial charge in [-0.2, -0.15) is 0 Å². The molecule has 88 valence electrons. The van der Waals surface area contributed by atoms with Gasteiger partial charge in [-0.15, -0.1) is 0 Å². The lowest BCUT2D eigenvalue weighted by atomic mass is 10.2. The number of methoxy groups -OCH3 is 1. The van der Waals surface area contributed by atoms with E-state index in [1.54, 1.807) is 17.7 Å². The van der Waals surface area contributed by atoms with Crippen molar-refractivity contribution in [2.75, 3.05) is 7.11 Å². The molecule has 2 rings (SSSR count). The molecule has 0 aliphatic heterocycles. The van der Waals surface area contributed by atoms with Crippen LogP contribution < -0.4 is 5.56 Å². The normalized spacial score (nSPS) is 10.5. The summed E-state index contributed by atoms with van der Waals surface area (Å²) in [4.78, 5) is 11.8. The van der Waals surface area contributed by atoms with Gasteiger partial charge >= 0.3 is 0 Å². The first kappa shape index (κ1) is 11.6. The lowest BCUT2D eigenvalue weighted by Gasteiger charge is -2.08. The minimum atomic E-state index is -0.0230. The fourth-order valence-electron chi connectivity index (χ4n) is 1.76. The maximum Gasteiger partial charge on any atom is 0.255 e. The number of nitrogens with zero attached hydrogens (tertiary/aromatic N) is 1. The van der Waals surface area contributed by atoms with Crippen LogP contribution in [0.2, 0.25) is 0 Å². The second-order valence-corrected chi connectivity index (χ2v) is 4.02. The molecule has 17 heavy (non-hydrogen) atoms. The summed E-state index contributed by atoms with van der Waals surface area (Å²) in [6.45, 7) is 2.52. The Kier molecular flexibility index (Phi) is 3.40. The van der Waals surface area contributed by atoms with Gasteiger partial charge in [-0.25, -0.2) is 0 Å². The van der Waals surface area contributed by atoms with E-state index in [4.69, 9.17) is 4.74 Å². The molecule has 0 amide bonds. The summed E-state index contributed by atoms with van der Waals surface area (Å²) in [5.41, 5.74) is 2.96. The Bertz CT molecular complexity index is 572. The molecule has 0 saturated carbocycles. The molecule has 0 bridgehead atoms. The van der Waals surface area contributed by atoms with Crippen LogP contribution in [0.5, 0.6) is 0 Å². The highest BCUT2D eigenvalue weighted by Gasteiger charge is 2.01. The van der Waals surface area contributed by atoms with Crippen molar-refractivity contribution in [3.05, 3.63) is 64.1 Å². The van der Waals surface area contributed by atoms with Gasteiger partial charge in [0.1, 0.15) is 0 Å². The van der Waals surface area contributed by atoms with Crippen LogP contribution in [0.15, 0.2) is 47.4 Å². The highest BCUT2D eigenvalue weighted by molar-refractivity contribution is 5.36. The molecular weight excluding hydrogens is 214 g/mol. The van der Waals surface area contributed by atoms with Crippen LogP contribution in [0.1, 0.15) is 11.1 Å². The summed E-state index contributed by atoms with van der Waals surface area (Å²) in [6, 6.07) is 11.2. The van der Waals surface area contributed by atoms with Crippen molar-refractivity contribution in [3.8, 4) is 5.69 Å². The third-order valence-electron chi connectivity index (χ3n) is 2.56. The topological polar surface area (TPSA) is 31.2 Å². The van der Waals surface area contributed by atoms with Crippen molar-refractivity contribution in [3.63, 3.8) is 0 Å². The Hall–Kier alpha value is -1.87. The Balaban J connectivity index is 2.49. The van der Waals surface area contributed by atoms with Crippen LogP contribution in [0.25, 0.3) is 5.69 Å². The van der Waals surface area contributed by atoms with Crippen LogP contribution >= 0.6 is 0 Å². The van der Waals surface area contributed by atoms with Crippen molar-refractivity contribution in [1.82, 2.24) is 4.57 Å². The molecule has 0 N–H and O–H groups in total. The molecule has 1 aromatic heterocycles. The standard InChI is InChI=1S/C14H15NO2/c1-11-6-7-14(16)15(9-11)13-5-3-4-12(8-13)10-17-2/h3-9H,10H2,1-2H3. The molecule has 0 saturated heterocycles. The maximum atomic E-state index is 11.8. The quantitative estimate of drug-likeness (QED) is 0.808. The molecule has 0 aliphatic carbocycles. The van der Waals surface area contributed by atoms with E-state index in [0.717, 1.165) is 16.8 Å². The van der Waals surface area contributed by atoms with E-state index in [0.29, 0.717) is 6.61 Å². The van der Waals surface area contributed by atoms with Crippen molar-refractivity contribution < 1.29 is 4.74 Å². The average Bonchev–Trinajstić information content (AvgIpc) is 2.33. The summed E-state index contributed by atoms with van der Waals surface area (Å²) in [6.07, 6.45) is 1.84. The fraction of sp³-hybridized carbons (Fsp3) is 0.214. The van der Waals surface area contributed by atoms with Crippen LogP contribution in [0.4, 0.5) is 0 Å². The summed E-state index contributed by atoms with van der Waals surface area (Å²) < 4.78 is 6.73. The van der Waals surface area contributed by atoms with Gasteiger partial charge < -0.3 is 4.74 Å². The second-order valence-electron chi connectivity index (χ2n) is 4.02. The number of aryl methyl sites for hydroxylation is 1. The molecule has 3 heteroatoms. The lowest BCUT2D eigenvalue weighted by Crippen LogP contribution is -2.16. The highest BCUT2D eigenvalue weighted by atomic mass is 16.5. The molecule has 0 aliphatic rings. The molecule has 1 aromatic carbocycles. The van der Waals surface area contributed by atoms with Gasteiger partial charge in [0.15, 0.2) is 0 Å². The van der Waals surface area contributed by atoms with Gasteiger partial charge in [0, 0.05) is 25.1 Å². The van der Waals surface area contributed by atoms with Gasteiger partial charge in [0.05, 0.1) is 6.61 Å². The van der Waals surface area contributed by atoms with E-state index in [2.05, 4.69) is 0 Å². The molecule has 0 atom stereocenters. The summed E-state index contributed by atoms with van der Waals surface area (Å²) in [7, 11) is 1.66. The van der Waals surface area contributed by atoms with Gasteiger partial charge in [0.2, 0.25) is 0 Å². The number of pyridine rings is 1. The third kappa shape index (κ3) is 2.63. The molecule has 0 unspecified atom stereocenters. The average molecular weight is 229 g/mol. The van der Waals surface area contributed by atoms with Crippen molar-refractivity contribution in [2.45, 2.75) is 13.5 Å². The molecule has 0 fully saturated rings. The van der Waals surface area contributed by atoms with E-state index in [9.17, 15) is 4.79 Å². The Morgan fingerprint density at radius 1 is 1.24 bits per heavy atom. The zero-order valence-electron chi connectivity index (χ0n) is 10.0. The third-order valence-corrected chi connectivity index (χ3v) is 2.56. The van der Waals surface area contributed by atoms with Crippen LogP contribution in [0, 0.1) is 6.92 Å². The minimum absolute atomic E-state index is 0.0230. The van der Waals surface area contributed by atoms with Gasteiger partial charge in [0.25, 0.3) is 5.56 Å². The van der Waals surface area contributed by atoms with Gasteiger partial charge in [-0.05, 0) is 30.2 Å². The largest absolute Gasteiger partial charge is 0.380 e. The number of hydrogen-bond donors (Lipinski definition) is 0. The van der Waals surface area contributed by atoms with E-state index in [1.807, 2.05) is 43.5 Å². The number of rotatable bonds is 3. The Morgan fingerprint density at radius 3 is 2.82 bits per heavy atom. The maximum absolute atomic E-state index is 11.8. The number of aromatic nitrogens is 1. The minimum Gasteiger partial charge on any atom is -0.380 e. The van der Waals surface area contributed by atoms with E-state index in [-0.39, 0.29) is 5.56 Å². The molecular formula is C14H15NO2. The zero-order valence-corrected chi connectivity index (χ0v) is 10.0. The predicted octanol–water partition coefficient (Wildman–Crippen LogP) is 2.29. The SMILES string of the molecule is COCc1cccc(-n2cc(C)ccc2=O)c1. The van der Waals surface area contributed by atoms with Gasteiger partial charge in [-0.3, -0.25) is 9.36 Å². The zero-order chi connectivity index (χ0) is 12.3. The first-order valence-corrected chi connectivity index (χ1v) is 5.48. The molecule has 3 nitrogen and oxygen atoms in total. The van der Waals surface area contributed by atoms with E-state index in [1.165, 1.54) is 0 Å². The van der Waals surface area contributed by atoms with Crippen LogP contribution in [0.3, 0.4) is 0 Å². The number of ether oxygens (including phenoxy) is 1. The fourth-order valence-corrected chi connectivity index (χ4v) is 1.76. The first-order chi connectivity index (χ1) is 8.20. The summed E-state index contributed by atoms with van der Waals surface area (Å²) in [5.74, 6) is 0. The van der Waals surface area contributed by atoms with Crippen LogP contribution in [-0.2, 0) is 11.3 Å². The lowest BCUT2D eigenvalue weighted by molar-refractivity contribution is 0.185. The number of hydrogen-bond acceptors (Lipinski definition) is 2. The molecule has 0 radical (unpaired) electrons. The summed E-state index contributed by atoms with van der Waals surface area (Å²) in [5, 5.41) is 0. The second kappa shape index (κ2) is 4.97. The van der Waals surface area contributed by atoms with E-state index >= 15 is 0 Å². The van der Waals surface area contributed by atoms with Crippen molar-refractivity contribution >= 4 is 0 Å². The summed E-state index contributed by atoms with van der Waals surface area (Å²) >= 11 is 0. The first-order valence-electron chi connectivity index (χ1n) is 5.48. The van der Waals surface area contributed by atoms with E-state index < -0.39 is 0 Å². The number of benzene rings is 1. The Morgan fingerprint density at radius 2 is 2.06 bits per heavy atom. The van der Waals surface area contributed by atoms with Gasteiger partial charge in [-0.1, -0.05) is 18.2 Å². The molecule has 2 aromatic rings. The highest BCUT2D eigenvalue weighted by Crippen LogP contribution is 2.10.